The van der Waals surface area contributed by atoms with Gasteiger partial charge in [0.25, 0.3) is 0 Å². The minimum atomic E-state index is -2.12. The van der Waals surface area contributed by atoms with E-state index in [2.05, 4.69) is 14.0 Å². The summed E-state index contributed by atoms with van der Waals surface area (Å²) in [4.78, 5) is 0. The number of hydrogen-bond acceptors (Lipinski definition) is 9. The van der Waals surface area contributed by atoms with Crippen molar-refractivity contribution in [2.45, 2.75) is 6.10 Å². The Balaban J connectivity index is 3.84. The van der Waals surface area contributed by atoms with E-state index in [9.17, 15) is 0 Å². The van der Waals surface area contributed by atoms with Crippen molar-refractivity contribution >= 4 is 22.0 Å². The fourth-order valence-corrected chi connectivity index (χ4v) is 0.686. The van der Waals surface area contributed by atoms with Crippen molar-refractivity contribution in [2.24, 2.45) is 0 Å². The number of rotatable bonds is 8. The first-order valence-electron chi connectivity index (χ1n) is 3.89. The van der Waals surface area contributed by atoms with Gasteiger partial charge in [0.2, 0.25) is 0 Å². The van der Waals surface area contributed by atoms with Crippen LogP contribution in [0.5, 0.6) is 0 Å². The van der Waals surface area contributed by atoms with Gasteiger partial charge in [0.05, 0.1) is 19.3 Å². The average molecular weight is 224 g/mol. The summed E-state index contributed by atoms with van der Waals surface area (Å²) in [7, 11) is -6.22. The van der Waals surface area contributed by atoms with E-state index in [1.165, 1.54) is 0 Å². The van der Waals surface area contributed by atoms with E-state index in [-0.39, 0.29) is 0 Å². The molecule has 0 aliphatic carbocycles. The Hall–Kier alpha value is -0.165. The smallest absolute Gasteiger partial charge is 0.402 e. The van der Waals surface area contributed by atoms with Gasteiger partial charge in [-0.3, -0.25) is 0 Å². The molecule has 0 aliphatic rings. The van der Waals surface area contributed by atoms with Gasteiger partial charge in [-0.2, -0.15) is 0 Å². The maximum atomic E-state index is 8.43. The van der Waals surface area contributed by atoms with Crippen molar-refractivity contribution in [1.29, 1.82) is 0 Å². The Morgan fingerprint density at radius 1 is 0.733 bits per heavy atom. The van der Waals surface area contributed by atoms with Crippen LogP contribution in [0.25, 0.3) is 0 Å². The van der Waals surface area contributed by atoms with Crippen LogP contribution in [-0.2, 0) is 14.0 Å². The lowest BCUT2D eigenvalue weighted by Gasteiger charge is -2.17. The molecule has 0 heterocycles. The van der Waals surface area contributed by atoms with E-state index in [0.717, 1.165) is 0 Å². The summed E-state index contributed by atoms with van der Waals surface area (Å²) in [6, 6.07) is 0. The molecule has 0 bridgehead atoms. The molecule has 0 aromatic heterocycles. The molecule has 0 aromatic rings. The van der Waals surface area contributed by atoms with E-state index in [0.29, 0.717) is 0 Å². The Morgan fingerprint density at radius 2 is 1.13 bits per heavy atom. The Labute approximate surface area is 86.4 Å². The molecular weight excluding hydrogens is 212 g/mol. The third-order valence-electron chi connectivity index (χ3n) is 1.18. The molecule has 0 aromatic carbocycles. The molecular formula is C3H11B3O9. The van der Waals surface area contributed by atoms with Gasteiger partial charge in [0.15, 0.2) is 0 Å². The summed E-state index contributed by atoms with van der Waals surface area (Å²) in [5, 5.41) is 50.2. The Morgan fingerprint density at radius 3 is 1.40 bits per heavy atom. The highest BCUT2D eigenvalue weighted by Gasteiger charge is 2.23. The predicted octanol–water partition coefficient (Wildman–Crippen LogP) is -4.69. The van der Waals surface area contributed by atoms with Crippen LogP contribution in [-0.4, -0.2) is 71.4 Å². The fraction of sp³-hybridized carbons (Fsp3) is 1.00. The van der Waals surface area contributed by atoms with Crippen molar-refractivity contribution in [3.8, 4) is 0 Å². The van der Waals surface area contributed by atoms with Crippen molar-refractivity contribution in [2.75, 3.05) is 13.2 Å². The van der Waals surface area contributed by atoms with Crippen LogP contribution < -0.4 is 0 Å². The zero-order valence-electron chi connectivity index (χ0n) is 7.63. The minimum absolute atomic E-state index is 0.442. The van der Waals surface area contributed by atoms with Gasteiger partial charge in [-0.15, -0.1) is 0 Å². The molecule has 0 saturated heterocycles. The molecule has 0 spiro atoms. The normalized spacial score (nSPS) is 10.6. The van der Waals surface area contributed by atoms with Gasteiger partial charge in [-0.1, -0.05) is 0 Å². The second kappa shape index (κ2) is 8.04. The van der Waals surface area contributed by atoms with Crippen LogP contribution in [0, 0.1) is 0 Å². The van der Waals surface area contributed by atoms with Crippen LogP contribution in [0.4, 0.5) is 0 Å². The summed E-state index contributed by atoms with van der Waals surface area (Å²) >= 11 is 0. The van der Waals surface area contributed by atoms with Gasteiger partial charge >= 0.3 is 22.0 Å². The topological polar surface area (TPSA) is 149 Å². The minimum Gasteiger partial charge on any atom is -0.402 e. The van der Waals surface area contributed by atoms with Crippen molar-refractivity contribution in [1.82, 2.24) is 0 Å². The summed E-state index contributed by atoms with van der Waals surface area (Å²) in [6.45, 7) is -0.885. The summed E-state index contributed by atoms with van der Waals surface area (Å²) in [5.41, 5.74) is 0. The van der Waals surface area contributed by atoms with Gasteiger partial charge in [0.1, 0.15) is 0 Å². The summed E-state index contributed by atoms with van der Waals surface area (Å²) < 4.78 is 12.9. The summed E-state index contributed by atoms with van der Waals surface area (Å²) in [5.74, 6) is 0. The molecule has 86 valence electrons. The van der Waals surface area contributed by atoms with E-state index in [1.807, 2.05) is 0 Å². The Kier molecular flexibility index (Phi) is 7.95. The van der Waals surface area contributed by atoms with E-state index in [1.54, 1.807) is 0 Å². The van der Waals surface area contributed by atoms with Crippen LogP contribution in [0.2, 0.25) is 0 Å². The van der Waals surface area contributed by atoms with Crippen molar-refractivity contribution in [3.05, 3.63) is 0 Å². The maximum absolute atomic E-state index is 8.43. The molecule has 9 nitrogen and oxygen atoms in total. The molecule has 0 fully saturated rings. The van der Waals surface area contributed by atoms with Gasteiger partial charge in [-0.05, 0) is 0 Å². The second-order valence-electron chi connectivity index (χ2n) is 2.40. The van der Waals surface area contributed by atoms with E-state index in [4.69, 9.17) is 30.1 Å². The van der Waals surface area contributed by atoms with Crippen LogP contribution in [0.15, 0.2) is 0 Å². The predicted molar refractivity (Wildman–Crippen MR) is 47.4 cm³/mol. The first-order chi connectivity index (χ1) is 6.91. The highest BCUT2D eigenvalue weighted by Crippen LogP contribution is 1.97. The van der Waals surface area contributed by atoms with Crippen molar-refractivity contribution in [3.63, 3.8) is 0 Å². The fourth-order valence-electron chi connectivity index (χ4n) is 0.686. The first kappa shape index (κ1) is 14.8. The van der Waals surface area contributed by atoms with Crippen molar-refractivity contribution < 1.29 is 44.1 Å². The third-order valence-corrected chi connectivity index (χ3v) is 1.18. The molecule has 15 heavy (non-hydrogen) atoms. The van der Waals surface area contributed by atoms with Crippen LogP contribution >= 0.6 is 0 Å². The zero-order valence-corrected chi connectivity index (χ0v) is 7.63. The van der Waals surface area contributed by atoms with E-state index < -0.39 is 41.3 Å². The third kappa shape index (κ3) is 10.1. The molecule has 6 N–H and O–H groups in total. The molecule has 0 saturated carbocycles. The highest BCUT2D eigenvalue weighted by molar-refractivity contribution is 6.33. The zero-order chi connectivity index (χ0) is 11.8. The highest BCUT2D eigenvalue weighted by atomic mass is 16.7. The molecule has 0 rings (SSSR count). The second-order valence-corrected chi connectivity index (χ2v) is 2.40. The average Bonchev–Trinajstić information content (AvgIpc) is 2.08. The molecule has 0 atom stereocenters. The van der Waals surface area contributed by atoms with Gasteiger partial charge < -0.3 is 44.1 Å². The monoisotopic (exact) mass is 224 g/mol. The standard InChI is InChI=1S/C3H11B3O9/c7-4(8)13-1-3(15-6(11)12)2-14-5(9)10/h3,7-12H,1-2H2. The lowest BCUT2D eigenvalue weighted by molar-refractivity contribution is 0.0168. The largest absolute Gasteiger partial charge is 0.634 e. The molecule has 0 radical (unpaired) electrons. The molecule has 0 aliphatic heterocycles. The molecule has 0 amide bonds. The summed E-state index contributed by atoms with van der Waals surface area (Å²) in [6.07, 6.45) is -1.10. The molecule has 12 heteroatoms. The quantitative estimate of drug-likeness (QED) is 0.223. The molecule has 0 unspecified atom stereocenters. The van der Waals surface area contributed by atoms with E-state index >= 15 is 0 Å². The Bertz CT molecular complexity index is 142. The lowest BCUT2D eigenvalue weighted by atomic mass is 10.2. The van der Waals surface area contributed by atoms with Gasteiger partial charge in [-0.25, -0.2) is 0 Å². The SMILES string of the molecule is OB(O)OCC(COB(O)O)OB(O)O. The number of hydrogen-bond donors (Lipinski definition) is 6. The maximum Gasteiger partial charge on any atom is 0.634 e. The lowest BCUT2D eigenvalue weighted by Crippen LogP contribution is -2.37. The first-order valence-corrected chi connectivity index (χ1v) is 3.89. The van der Waals surface area contributed by atoms with Gasteiger partial charge in [0, 0.05) is 0 Å². The van der Waals surface area contributed by atoms with Crippen LogP contribution in [0.3, 0.4) is 0 Å². The van der Waals surface area contributed by atoms with Crippen LogP contribution in [0.1, 0.15) is 0 Å².